The molecule has 110 valence electrons. The first kappa shape index (κ1) is 16.1. The minimum Gasteiger partial charge on any atom is -0.481 e. The number of carbonyl (C=O) groups excluding carboxylic acids is 1. The zero-order valence-corrected chi connectivity index (χ0v) is 12.2. The van der Waals surface area contributed by atoms with Crippen molar-refractivity contribution in [2.45, 2.75) is 39.7 Å². The highest BCUT2D eigenvalue weighted by Gasteiger charge is 2.40. The molecular weight excluding hydrogens is 258 g/mol. The van der Waals surface area contributed by atoms with Crippen molar-refractivity contribution >= 4 is 17.6 Å². The first-order valence-electron chi connectivity index (χ1n) is 6.31. The number of nitrogens with zero attached hydrogens (tertiary/aromatic N) is 1. The second-order valence-corrected chi connectivity index (χ2v) is 5.91. The second-order valence-electron chi connectivity index (χ2n) is 5.91. The summed E-state index contributed by atoms with van der Waals surface area (Å²) >= 11 is 0. The first-order chi connectivity index (χ1) is 9.04. The lowest BCUT2D eigenvalue weighted by Gasteiger charge is -2.36. The molecule has 0 saturated heterocycles. The number of nitrogens with one attached hydrogen (secondary N) is 1. The lowest BCUT2D eigenvalue weighted by atomic mass is 9.74. The third-order valence-corrected chi connectivity index (χ3v) is 3.59. The van der Waals surface area contributed by atoms with E-state index in [1.807, 2.05) is 0 Å². The number of hydrogen-bond donors (Lipinski definition) is 3. The molecule has 1 aromatic heterocycles. The van der Waals surface area contributed by atoms with Crippen molar-refractivity contribution < 1.29 is 14.7 Å². The van der Waals surface area contributed by atoms with Gasteiger partial charge in [0.15, 0.2) is 0 Å². The predicted molar refractivity (Wildman–Crippen MR) is 76.3 cm³/mol. The smallest absolute Gasteiger partial charge is 0.309 e. The molecule has 0 aliphatic heterocycles. The van der Waals surface area contributed by atoms with E-state index in [4.69, 9.17) is 10.8 Å². The number of aromatic nitrogens is 1. The number of nitrogens with two attached hydrogens (primary N) is 1. The van der Waals surface area contributed by atoms with Gasteiger partial charge in [0.05, 0.1) is 29.4 Å². The van der Waals surface area contributed by atoms with Crippen molar-refractivity contribution in [3.63, 3.8) is 0 Å². The molecule has 1 rings (SSSR count). The average Bonchev–Trinajstić information content (AvgIpc) is 2.29. The molecule has 0 spiro atoms. The zero-order chi connectivity index (χ0) is 15.6. The van der Waals surface area contributed by atoms with Crippen LogP contribution in [0, 0.1) is 5.41 Å². The van der Waals surface area contributed by atoms with E-state index < -0.39 is 16.9 Å². The second kappa shape index (κ2) is 5.58. The number of carboxylic acid groups (broad SMARTS) is 1. The predicted octanol–water partition coefficient (Wildman–Crippen LogP) is 1.41. The van der Waals surface area contributed by atoms with Crippen LogP contribution in [0.1, 0.15) is 33.4 Å². The van der Waals surface area contributed by atoms with Gasteiger partial charge in [-0.1, -0.05) is 0 Å². The minimum absolute atomic E-state index is 0.143. The molecule has 0 radical (unpaired) electrons. The van der Waals surface area contributed by atoms with Crippen molar-refractivity contribution in [2.75, 3.05) is 5.32 Å². The van der Waals surface area contributed by atoms with Crippen LogP contribution >= 0.6 is 0 Å². The van der Waals surface area contributed by atoms with Gasteiger partial charge < -0.3 is 16.2 Å². The van der Waals surface area contributed by atoms with Crippen molar-refractivity contribution in [1.29, 1.82) is 0 Å². The molecule has 4 N–H and O–H groups in total. The van der Waals surface area contributed by atoms with Gasteiger partial charge in [-0.05, 0) is 39.8 Å². The van der Waals surface area contributed by atoms with Crippen molar-refractivity contribution in [3.05, 3.63) is 24.0 Å². The van der Waals surface area contributed by atoms with Crippen molar-refractivity contribution in [2.24, 2.45) is 11.1 Å². The summed E-state index contributed by atoms with van der Waals surface area (Å²) in [5.41, 5.74) is 5.53. The van der Waals surface area contributed by atoms with E-state index in [1.54, 1.807) is 39.8 Å². The van der Waals surface area contributed by atoms with E-state index in [2.05, 4.69) is 10.3 Å². The lowest BCUT2D eigenvalue weighted by Crippen LogP contribution is -2.53. The molecule has 6 heteroatoms. The molecule has 0 bridgehead atoms. The van der Waals surface area contributed by atoms with Gasteiger partial charge in [0.2, 0.25) is 5.91 Å². The molecule has 1 amide bonds. The summed E-state index contributed by atoms with van der Waals surface area (Å²) in [5, 5.41) is 11.4. The van der Waals surface area contributed by atoms with Crippen LogP contribution in [-0.2, 0) is 16.0 Å². The number of pyridine rings is 1. The van der Waals surface area contributed by atoms with Gasteiger partial charge in [-0.15, -0.1) is 0 Å². The van der Waals surface area contributed by atoms with E-state index in [0.29, 0.717) is 11.4 Å². The number of carbonyl (C=O) groups is 2. The van der Waals surface area contributed by atoms with Crippen molar-refractivity contribution in [1.82, 2.24) is 4.98 Å². The van der Waals surface area contributed by atoms with Crippen LogP contribution in [-0.4, -0.2) is 27.5 Å². The Balaban J connectivity index is 2.79. The number of hydrogen-bond acceptors (Lipinski definition) is 4. The highest BCUT2D eigenvalue weighted by Crippen LogP contribution is 2.29. The third kappa shape index (κ3) is 3.77. The van der Waals surface area contributed by atoms with Gasteiger partial charge in [0.25, 0.3) is 0 Å². The first-order valence-corrected chi connectivity index (χ1v) is 6.31. The maximum absolute atomic E-state index is 12.2. The van der Waals surface area contributed by atoms with E-state index in [-0.39, 0.29) is 12.3 Å². The van der Waals surface area contributed by atoms with Gasteiger partial charge in [0.1, 0.15) is 0 Å². The van der Waals surface area contributed by atoms with Crippen LogP contribution in [0.4, 0.5) is 5.69 Å². The maximum Gasteiger partial charge on any atom is 0.309 e. The Morgan fingerprint density at radius 2 is 1.90 bits per heavy atom. The summed E-state index contributed by atoms with van der Waals surface area (Å²) in [4.78, 5) is 26.8. The molecular formula is C14H21N3O3. The summed E-state index contributed by atoms with van der Waals surface area (Å²) in [6.45, 7) is 7.13. The van der Waals surface area contributed by atoms with E-state index >= 15 is 0 Å². The Morgan fingerprint density at radius 1 is 1.30 bits per heavy atom. The SMILES string of the molecule is CC(C)(N)C(C)(C)C(=O)Nc1ccc(CC(=O)O)nc1. The number of amides is 1. The molecule has 20 heavy (non-hydrogen) atoms. The van der Waals surface area contributed by atoms with Crippen LogP contribution in [0.5, 0.6) is 0 Å². The van der Waals surface area contributed by atoms with Crippen LogP contribution in [0.2, 0.25) is 0 Å². The Bertz CT molecular complexity index is 501. The van der Waals surface area contributed by atoms with E-state index in [9.17, 15) is 9.59 Å². The zero-order valence-electron chi connectivity index (χ0n) is 12.2. The summed E-state index contributed by atoms with van der Waals surface area (Å²) in [5.74, 6) is -1.15. The minimum atomic E-state index is -0.944. The number of anilines is 1. The summed E-state index contributed by atoms with van der Waals surface area (Å²) in [7, 11) is 0. The molecule has 1 heterocycles. The standard InChI is InChI=1S/C14H21N3O3/c1-13(2,14(3,4)15)12(20)17-10-6-5-9(16-8-10)7-11(18)19/h5-6,8H,7,15H2,1-4H3,(H,17,20)(H,18,19). The Morgan fingerprint density at radius 3 is 2.30 bits per heavy atom. The van der Waals surface area contributed by atoms with Gasteiger partial charge in [0, 0.05) is 5.54 Å². The highest BCUT2D eigenvalue weighted by molar-refractivity contribution is 5.95. The lowest BCUT2D eigenvalue weighted by molar-refractivity contribution is -0.136. The molecule has 0 aromatic carbocycles. The van der Waals surface area contributed by atoms with Gasteiger partial charge in [-0.25, -0.2) is 0 Å². The van der Waals surface area contributed by atoms with Crippen LogP contribution < -0.4 is 11.1 Å². The molecule has 0 fully saturated rings. The quantitative estimate of drug-likeness (QED) is 0.755. The number of rotatable bonds is 5. The molecule has 1 aromatic rings. The third-order valence-electron chi connectivity index (χ3n) is 3.59. The van der Waals surface area contributed by atoms with Gasteiger partial charge in [-0.2, -0.15) is 0 Å². The van der Waals surface area contributed by atoms with E-state index in [0.717, 1.165) is 0 Å². The fourth-order valence-corrected chi connectivity index (χ4v) is 1.34. The highest BCUT2D eigenvalue weighted by atomic mass is 16.4. The Labute approximate surface area is 118 Å². The monoisotopic (exact) mass is 279 g/mol. The summed E-state index contributed by atoms with van der Waals surface area (Å²) in [6, 6.07) is 3.20. The van der Waals surface area contributed by atoms with Crippen molar-refractivity contribution in [3.8, 4) is 0 Å². The largest absolute Gasteiger partial charge is 0.481 e. The Kier molecular flexibility index (Phi) is 4.50. The molecule has 0 aliphatic carbocycles. The fourth-order valence-electron chi connectivity index (χ4n) is 1.34. The number of aliphatic carboxylic acids is 1. The molecule has 6 nitrogen and oxygen atoms in total. The van der Waals surface area contributed by atoms with Gasteiger partial charge in [-0.3, -0.25) is 14.6 Å². The average molecular weight is 279 g/mol. The van der Waals surface area contributed by atoms with Crippen LogP contribution in [0.3, 0.4) is 0 Å². The topological polar surface area (TPSA) is 105 Å². The Hall–Kier alpha value is -1.95. The molecule has 0 saturated carbocycles. The molecule has 0 aliphatic rings. The normalized spacial score (nSPS) is 12.1. The summed E-state index contributed by atoms with van der Waals surface area (Å²) < 4.78 is 0. The van der Waals surface area contributed by atoms with Gasteiger partial charge >= 0.3 is 5.97 Å². The molecule has 0 atom stereocenters. The number of carboxylic acids is 1. The summed E-state index contributed by atoms with van der Waals surface area (Å²) in [6.07, 6.45) is 1.30. The maximum atomic E-state index is 12.2. The van der Waals surface area contributed by atoms with E-state index in [1.165, 1.54) is 6.20 Å². The van der Waals surface area contributed by atoms with Crippen LogP contribution in [0.15, 0.2) is 18.3 Å². The molecule has 0 unspecified atom stereocenters. The van der Waals surface area contributed by atoms with Crippen LogP contribution in [0.25, 0.3) is 0 Å². The fraction of sp³-hybridized carbons (Fsp3) is 0.500.